The molecule has 18 heavy (non-hydrogen) atoms. The molecule has 3 heteroatoms. The number of phenolic OH excluding ortho intramolecular Hbond substituents is 1. The lowest BCUT2D eigenvalue weighted by molar-refractivity contribution is 0.318. The van der Waals surface area contributed by atoms with Crippen molar-refractivity contribution in [2.24, 2.45) is 0 Å². The summed E-state index contributed by atoms with van der Waals surface area (Å²) in [7, 11) is 0. The Morgan fingerprint density at radius 1 is 1.17 bits per heavy atom. The van der Waals surface area contributed by atoms with Gasteiger partial charge in [0.2, 0.25) is 0 Å². The van der Waals surface area contributed by atoms with E-state index in [1.54, 1.807) is 0 Å². The Kier molecular flexibility index (Phi) is 2.94. The molecule has 3 nitrogen and oxygen atoms in total. The van der Waals surface area contributed by atoms with E-state index in [0.717, 1.165) is 17.2 Å². The number of phenols is 1. The third-order valence-corrected chi connectivity index (χ3v) is 4.49. The van der Waals surface area contributed by atoms with Gasteiger partial charge >= 0.3 is 0 Å². The Morgan fingerprint density at radius 3 is 2.83 bits per heavy atom. The zero-order valence-electron chi connectivity index (χ0n) is 11.2. The molecule has 1 aromatic carbocycles. The monoisotopic (exact) mass is 246 g/mol. The normalized spacial score (nSPS) is 27.4. The van der Waals surface area contributed by atoms with Gasteiger partial charge in [-0.05, 0) is 62.9 Å². The maximum absolute atomic E-state index is 9.70. The van der Waals surface area contributed by atoms with Gasteiger partial charge in [0.1, 0.15) is 5.75 Å². The fourth-order valence-corrected chi connectivity index (χ4v) is 3.41. The number of aryl methyl sites for hydroxylation is 2. The number of nitrogens with zero attached hydrogens (tertiary/aromatic N) is 1. The standard InChI is InChI=1S/C15H22N2O/c1-10-9-15(18)11(2)8-13(10)16-12-5-7-17-6-3-4-14(12)17/h8-9,12,14,16,18H,3-7H2,1-2H3. The fourth-order valence-electron chi connectivity index (χ4n) is 3.41. The predicted octanol–water partition coefficient (Wildman–Crippen LogP) is 2.66. The van der Waals surface area contributed by atoms with Crippen LogP contribution in [-0.2, 0) is 0 Å². The molecule has 0 amide bonds. The minimum absolute atomic E-state index is 0.395. The molecule has 2 N–H and O–H groups in total. The van der Waals surface area contributed by atoms with Crippen LogP contribution in [0.1, 0.15) is 30.4 Å². The highest BCUT2D eigenvalue weighted by atomic mass is 16.3. The number of hydrogen-bond donors (Lipinski definition) is 2. The van der Waals surface area contributed by atoms with Crippen molar-refractivity contribution in [1.82, 2.24) is 4.90 Å². The van der Waals surface area contributed by atoms with Crippen LogP contribution in [0.3, 0.4) is 0 Å². The second-order valence-corrected chi connectivity index (χ2v) is 5.74. The van der Waals surface area contributed by atoms with Crippen LogP contribution >= 0.6 is 0 Å². The molecule has 2 saturated heterocycles. The van der Waals surface area contributed by atoms with Gasteiger partial charge in [0.15, 0.2) is 0 Å². The van der Waals surface area contributed by atoms with Gasteiger partial charge < -0.3 is 10.4 Å². The summed E-state index contributed by atoms with van der Waals surface area (Å²) in [5.41, 5.74) is 3.27. The zero-order chi connectivity index (χ0) is 12.7. The minimum Gasteiger partial charge on any atom is -0.508 e. The average molecular weight is 246 g/mol. The summed E-state index contributed by atoms with van der Waals surface area (Å²) in [5.74, 6) is 0.395. The van der Waals surface area contributed by atoms with E-state index >= 15 is 0 Å². The van der Waals surface area contributed by atoms with Crippen molar-refractivity contribution in [3.05, 3.63) is 23.3 Å². The Labute approximate surface area is 109 Å². The van der Waals surface area contributed by atoms with Gasteiger partial charge in [-0.25, -0.2) is 0 Å². The molecular formula is C15H22N2O. The van der Waals surface area contributed by atoms with E-state index < -0.39 is 0 Å². The number of rotatable bonds is 2. The molecule has 0 spiro atoms. The van der Waals surface area contributed by atoms with Crippen molar-refractivity contribution >= 4 is 5.69 Å². The summed E-state index contributed by atoms with van der Waals surface area (Å²) in [6, 6.07) is 5.23. The Bertz CT molecular complexity index is 458. The number of anilines is 1. The Balaban J connectivity index is 1.78. The third-order valence-electron chi connectivity index (χ3n) is 4.49. The first kappa shape index (κ1) is 11.8. The number of aromatic hydroxyl groups is 1. The number of fused-ring (bicyclic) bond motifs is 1. The molecule has 2 heterocycles. The van der Waals surface area contributed by atoms with Gasteiger partial charge in [0.05, 0.1) is 0 Å². The molecule has 0 aliphatic carbocycles. The van der Waals surface area contributed by atoms with Crippen LogP contribution in [0.5, 0.6) is 5.75 Å². The van der Waals surface area contributed by atoms with Crippen molar-refractivity contribution in [2.75, 3.05) is 18.4 Å². The lowest BCUT2D eigenvalue weighted by Gasteiger charge is -2.23. The van der Waals surface area contributed by atoms with Crippen molar-refractivity contribution < 1.29 is 5.11 Å². The third kappa shape index (κ3) is 1.97. The van der Waals surface area contributed by atoms with Crippen LogP contribution < -0.4 is 5.32 Å². The highest BCUT2D eigenvalue weighted by molar-refractivity contribution is 5.57. The van der Waals surface area contributed by atoms with Crippen molar-refractivity contribution in [2.45, 2.75) is 45.2 Å². The molecule has 2 aliphatic rings. The summed E-state index contributed by atoms with van der Waals surface area (Å²) >= 11 is 0. The maximum Gasteiger partial charge on any atom is 0.118 e. The molecule has 2 atom stereocenters. The first-order chi connectivity index (χ1) is 8.65. The first-order valence-electron chi connectivity index (χ1n) is 6.96. The fraction of sp³-hybridized carbons (Fsp3) is 0.600. The smallest absolute Gasteiger partial charge is 0.118 e. The maximum atomic E-state index is 9.70. The van der Waals surface area contributed by atoms with Gasteiger partial charge in [-0.2, -0.15) is 0 Å². The SMILES string of the molecule is Cc1cc(NC2CCN3CCCC23)c(C)cc1O. The van der Waals surface area contributed by atoms with Crippen LogP contribution in [0.25, 0.3) is 0 Å². The summed E-state index contributed by atoms with van der Waals surface area (Å²) in [4.78, 5) is 2.61. The number of hydrogen-bond acceptors (Lipinski definition) is 3. The number of benzene rings is 1. The van der Waals surface area contributed by atoms with Crippen LogP contribution in [-0.4, -0.2) is 35.2 Å². The van der Waals surface area contributed by atoms with Crippen LogP contribution in [0.2, 0.25) is 0 Å². The first-order valence-corrected chi connectivity index (χ1v) is 6.96. The van der Waals surface area contributed by atoms with Crippen molar-refractivity contribution in [3.8, 4) is 5.75 Å². The molecule has 2 unspecified atom stereocenters. The molecule has 3 rings (SSSR count). The van der Waals surface area contributed by atoms with Gasteiger partial charge in [-0.3, -0.25) is 4.90 Å². The molecule has 2 aliphatic heterocycles. The van der Waals surface area contributed by atoms with Gasteiger partial charge in [-0.1, -0.05) is 0 Å². The topological polar surface area (TPSA) is 35.5 Å². The zero-order valence-corrected chi connectivity index (χ0v) is 11.2. The second kappa shape index (κ2) is 4.47. The molecular weight excluding hydrogens is 224 g/mol. The highest BCUT2D eigenvalue weighted by Crippen LogP contribution is 2.32. The summed E-state index contributed by atoms with van der Waals surface area (Å²) in [5, 5.41) is 13.4. The quantitative estimate of drug-likeness (QED) is 0.788. The molecule has 0 aromatic heterocycles. The summed E-state index contributed by atoms with van der Waals surface area (Å²) in [6.07, 6.45) is 3.91. The van der Waals surface area contributed by atoms with Gasteiger partial charge in [0, 0.05) is 24.3 Å². The van der Waals surface area contributed by atoms with Crippen molar-refractivity contribution in [3.63, 3.8) is 0 Å². The molecule has 2 fully saturated rings. The van der Waals surface area contributed by atoms with Crippen LogP contribution in [0, 0.1) is 13.8 Å². The molecule has 0 saturated carbocycles. The van der Waals surface area contributed by atoms with Gasteiger partial charge in [0.25, 0.3) is 0 Å². The molecule has 0 radical (unpaired) electrons. The van der Waals surface area contributed by atoms with E-state index in [9.17, 15) is 5.11 Å². The molecule has 98 valence electrons. The summed E-state index contributed by atoms with van der Waals surface area (Å²) in [6.45, 7) is 6.52. The van der Waals surface area contributed by atoms with Crippen LogP contribution in [0.4, 0.5) is 5.69 Å². The predicted molar refractivity (Wildman–Crippen MR) is 74.2 cm³/mol. The van der Waals surface area contributed by atoms with E-state index in [4.69, 9.17) is 0 Å². The van der Waals surface area contributed by atoms with E-state index in [-0.39, 0.29) is 0 Å². The largest absolute Gasteiger partial charge is 0.508 e. The second-order valence-electron chi connectivity index (χ2n) is 5.74. The van der Waals surface area contributed by atoms with Gasteiger partial charge in [-0.15, -0.1) is 0 Å². The molecule has 0 bridgehead atoms. The van der Waals surface area contributed by atoms with Crippen molar-refractivity contribution in [1.29, 1.82) is 0 Å². The summed E-state index contributed by atoms with van der Waals surface area (Å²) < 4.78 is 0. The average Bonchev–Trinajstić information content (AvgIpc) is 2.90. The van der Waals surface area contributed by atoms with E-state index in [0.29, 0.717) is 11.8 Å². The minimum atomic E-state index is 0.395. The van der Waals surface area contributed by atoms with Crippen LogP contribution in [0.15, 0.2) is 12.1 Å². The van der Waals surface area contributed by atoms with E-state index in [1.165, 1.54) is 38.0 Å². The lowest BCUT2D eigenvalue weighted by atomic mass is 10.0. The highest BCUT2D eigenvalue weighted by Gasteiger charge is 2.37. The van der Waals surface area contributed by atoms with E-state index in [1.807, 2.05) is 13.0 Å². The Morgan fingerprint density at radius 2 is 2.00 bits per heavy atom. The lowest BCUT2D eigenvalue weighted by Crippen LogP contribution is -2.33. The number of nitrogens with one attached hydrogen (secondary N) is 1. The van der Waals surface area contributed by atoms with E-state index in [2.05, 4.69) is 23.2 Å². The Hall–Kier alpha value is -1.22. The molecule has 1 aromatic rings.